The first-order valence-electron chi connectivity index (χ1n) is 10.3. The standard InChI is InChI=1S/C25H18Cl3N3O3/c1-2-30(18-9-4-3-5-10-18)23(32)15-7-6-8-17(13-15)29-22-21(28)24(33)31(25(22)34)20-12-11-16(26)14-19(20)27/h3-14,29H,2H2,1H3. The number of hydrogen-bond acceptors (Lipinski definition) is 4. The smallest absolute Gasteiger partial charge is 0.283 e. The van der Waals surface area contributed by atoms with Crippen molar-refractivity contribution in [2.45, 2.75) is 6.92 Å². The molecule has 0 spiro atoms. The molecule has 6 nitrogen and oxygen atoms in total. The molecule has 9 heteroatoms. The molecule has 3 aromatic carbocycles. The SMILES string of the molecule is CCN(C(=O)c1cccc(NC2=C(Cl)C(=O)N(c3ccc(Cl)cc3Cl)C2=O)c1)c1ccccc1. The van der Waals surface area contributed by atoms with Crippen LogP contribution < -0.4 is 15.1 Å². The molecule has 1 heterocycles. The van der Waals surface area contributed by atoms with Crippen LogP contribution in [0.25, 0.3) is 0 Å². The maximum absolute atomic E-state index is 13.2. The summed E-state index contributed by atoms with van der Waals surface area (Å²) in [5, 5.41) is 3.10. The van der Waals surface area contributed by atoms with E-state index in [9.17, 15) is 14.4 Å². The van der Waals surface area contributed by atoms with E-state index < -0.39 is 11.8 Å². The van der Waals surface area contributed by atoms with Crippen LogP contribution in [0.1, 0.15) is 17.3 Å². The molecule has 0 radical (unpaired) electrons. The first-order chi connectivity index (χ1) is 16.3. The zero-order chi connectivity index (χ0) is 24.4. The number of rotatable bonds is 6. The third-order valence-corrected chi connectivity index (χ3v) is 6.07. The lowest BCUT2D eigenvalue weighted by Gasteiger charge is -2.21. The molecule has 0 fully saturated rings. The Morgan fingerprint density at radius 1 is 0.912 bits per heavy atom. The second-order valence-electron chi connectivity index (χ2n) is 7.32. The molecule has 1 aliphatic rings. The topological polar surface area (TPSA) is 69.7 Å². The van der Waals surface area contributed by atoms with Gasteiger partial charge in [0, 0.05) is 28.5 Å². The molecular formula is C25H18Cl3N3O3. The van der Waals surface area contributed by atoms with Crippen molar-refractivity contribution in [1.82, 2.24) is 0 Å². The van der Waals surface area contributed by atoms with Crippen LogP contribution in [0.3, 0.4) is 0 Å². The quantitative estimate of drug-likeness (QED) is 0.404. The fourth-order valence-corrected chi connectivity index (χ4v) is 4.28. The minimum absolute atomic E-state index is 0.113. The second-order valence-corrected chi connectivity index (χ2v) is 8.54. The largest absolute Gasteiger partial charge is 0.350 e. The number of imide groups is 1. The Balaban J connectivity index is 1.60. The molecule has 0 saturated heterocycles. The zero-order valence-corrected chi connectivity index (χ0v) is 20.2. The Hall–Kier alpha value is -3.32. The fourth-order valence-electron chi connectivity index (χ4n) is 3.57. The number of benzene rings is 3. The van der Waals surface area contributed by atoms with E-state index in [-0.39, 0.29) is 27.3 Å². The molecule has 34 heavy (non-hydrogen) atoms. The number of halogens is 3. The molecule has 0 aliphatic carbocycles. The zero-order valence-electron chi connectivity index (χ0n) is 17.9. The normalized spacial score (nSPS) is 13.5. The summed E-state index contributed by atoms with van der Waals surface area (Å²) in [6, 6.07) is 20.3. The molecule has 1 aliphatic heterocycles. The molecule has 0 saturated carbocycles. The Kier molecular flexibility index (Phi) is 6.93. The summed E-state index contributed by atoms with van der Waals surface area (Å²) in [4.78, 5) is 41.5. The summed E-state index contributed by atoms with van der Waals surface area (Å²) in [5.41, 5.74) is 1.65. The van der Waals surface area contributed by atoms with E-state index in [1.165, 1.54) is 18.2 Å². The van der Waals surface area contributed by atoms with Crippen molar-refractivity contribution < 1.29 is 14.4 Å². The molecule has 0 bridgehead atoms. The van der Waals surface area contributed by atoms with Crippen LogP contribution in [0.4, 0.5) is 17.1 Å². The van der Waals surface area contributed by atoms with Crippen LogP contribution in [0.2, 0.25) is 10.0 Å². The number of nitrogens with zero attached hydrogens (tertiary/aromatic N) is 2. The van der Waals surface area contributed by atoms with Crippen molar-refractivity contribution in [3.05, 3.63) is 99.1 Å². The molecule has 3 aromatic rings. The minimum atomic E-state index is -0.716. The number of para-hydroxylation sites is 1. The first kappa shape index (κ1) is 23.8. The molecule has 3 amide bonds. The maximum atomic E-state index is 13.2. The van der Waals surface area contributed by atoms with E-state index in [2.05, 4.69) is 5.32 Å². The third kappa shape index (κ3) is 4.53. The van der Waals surface area contributed by atoms with Crippen molar-refractivity contribution in [2.75, 3.05) is 21.7 Å². The van der Waals surface area contributed by atoms with Gasteiger partial charge in [-0.3, -0.25) is 14.4 Å². The number of carbonyl (C=O) groups is 3. The van der Waals surface area contributed by atoms with Gasteiger partial charge in [-0.25, -0.2) is 4.90 Å². The fraction of sp³-hybridized carbons (Fsp3) is 0.0800. The Morgan fingerprint density at radius 3 is 2.32 bits per heavy atom. The van der Waals surface area contributed by atoms with Crippen molar-refractivity contribution in [3.63, 3.8) is 0 Å². The van der Waals surface area contributed by atoms with E-state index in [1.807, 2.05) is 37.3 Å². The van der Waals surface area contributed by atoms with E-state index in [0.717, 1.165) is 10.6 Å². The van der Waals surface area contributed by atoms with Crippen LogP contribution in [0, 0.1) is 0 Å². The van der Waals surface area contributed by atoms with Crippen molar-refractivity contribution >= 4 is 69.6 Å². The monoisotopic (exact) mass is 513 g/mol. The summed E-state index contributed by atoms with van der Waals surface area (Å²) in [5.74, 6) is -1.59. The Morgan fingerprint density at radius 2 is 1.65 bits per heavy atom. The van der Waals surface area contributed by atoms with Crippen molar-refractivity contribution in [2.24, 2.45) is 0 Å². The molecule has 0 atom stereocenters. The lowest BCUT2D eigenvalue weighted by molar-refractivity contribution is -0.120. The van der Waals surface area contributed by atoms with E-state index >= 15 is 0 Å². The van der Waals surface area contributed by atoms with E-state index in [4.69, 9.17) is 34.8 Å². The molecule has 0 aromatic heterocycles. The van der Waals surface area contributed by atoms with Gasteiger partial charge in [0.2, 0.25) is 0 Å². The lowest BCUT2D eigenvalue weighted by atomic mass is 10.1. The first-order valence-corrected chi connectivity index (χ1v) is 11.4. The van der Waals surface area contributed by atoms with Crippen molar-refractivity contribution in [1.29, 1.82) is 0 Å². The summed E-state index contributed by atoms with van der Waals surface area (Å²) in [6.07, 6.45) is 0. The average Bonchev–Trinajstić information content (AvgIpc) is 3.04. The number of anilines is 3. The molecule has 0 unspecified atom stereocenters. The van der Waals surface area contributed by atoms with Gasteiger partial charge in [0.1, 0.15) is 10.7 Å². The van der Waals surface area contributed by atoms with Gasteiger partial charge < -0.3 is 10.2 Å². The van der Waals surface area contributed by atoms with Gasteiger partial charge in [-0.15, -0.1) is 0 Å². The van der Waals surface area contributed by atoms with Crippen LogP contribution in [0.5, 0.6) is 0 Å². The van der Waals surface area contributed by atoms with Gasteiger partial charge in [0.25, 0.3) is 17.7 Å². The number of hydrogen-bond donors (Lipinski definition) is 1. The van der Waals surface area contributed by atoms with Gasteiger partial charge in [-0.2, -0.15) is 0 Å². The average molecular weight is 515 g/mol. The van der Waals surface area contributed by atoms with Crippen LogP contribution >= 0.6 is 34.8 Å². The van der Waals surface area contributed by atoms with Gasteiger partial charge in [-0.1, -0.05) is 59.1 Å². The number of carbonyl (C=O) groups excluding carboxylic acids is 3. The predicted octanol–water partition coefficient (Wildman–Crippen LogP) is 6.10. The van der Waals surface area contributed by atoms with Gasteiger partial charge in [0.05, 0.1) is 10.7 Å². The molecule has 172 valence electrons. The molecular weight excluding hydrogens is 497 g/mol. The third-order valence-electron chi connectivity index (χ3n) is 5.19. The highest BCUT2D eigenvalue weighted by Crippen LogP contribution is 2.35. The molecule has 1 N–H and O–H groups in total. The van der Waals surface area contributed by atoms with Gasteiger partial charge >= 0.3 is 0 Å². The van der Waals surface area contributed by atoms with Gasteiger partial charge in [-0.05, 0) is 55.5 Å². The highest BCUT2D eigenvalue weighted by molar-refractivity contribution is 6.54. The number of nitrogens with one attached hydrogen (secondary N) is 1. The second kappa shape index (κ2) is 9.89. The summed E-state index contributed by atoms with van der Waals surface area (Å²) >= 11 is 18.3. The van der Waals surface area contributed by atoms with Crippen molar-refractivity contribution in [3.8, 4) is 0 Å². The summed E-state index contributed by atoms with van der Waals surface area (Å²) < 4.78 is 0. The maximum Gasteiger partial charge on any atom is 0.283 e. The molecule has 4 rings (SSSR count). The highest BCUT2D eigenvalue weighted by atomic mass is 35.5. The van der Waals surface area contributed by atoms with Crippen LogP contribution in [0.15, 0.2) is 83.5 Å². The van der Waals surface area contributed by atoms with Crippen LogP contribution in [-0.4, -0.2) is 24.3 Å². The Labute approximate surface area is 211 Å². The minimum Gasteiger partial charge on any atom is -0.350 e. The van der Waals surface area contributed by atoms with Gasteiger partial charge in [0.15, 0.2) is 0 Å². The summed E-state index contributed by atoms with van der Waals surface area (Å²) in [6.45, 7) is 2.36. The van der Waals surface area contributed by atoms with E-state index in [1.54, 1.807) is 29.2 Å². The summed E-state index contributed by atoms with van der Waals surface area (Å²) in [7, 11) is 0. The highest BCUT2D eigenvalue weighted by Gasteiger charge is 2.40. The lowest BCUT2D eigenvalue weighted by Crippen LogP contribution is -2.32. The Bertz CT molecular complexity index is 1330. The number of amides is 3. The predicted molar refractivity (Wildman–Crippen MR) is 136 cm³/mol. The van der Waals surface area contributed by atoms with Crippen LogP contribution in [-0.2, 0) is 9.59 Å². The van der Waals surface area contributed by atoms with E-state index in [0.29, 0.717) is 22.8 Å².